The molecule has 0 unspecified atom stereocenters. The molecule has 0 saturated carbocycles. The van der Waals surface area contributed by atoms with Gasteiger partial charge in [0.25, 0.3) is 0 Å². The van der Waals surface area contributed by atoms with Crippen molar-refractivity contribution in [3.8, 4) is 0 Å². The zero-order chi connectivity index (χ0) is 0. The van der Waals surface area contributed by atoms with E-state index in [1.54, 1.807) is 0 Å². The summed E-state index contributed by atoms with van der Waals surface area (Å²) in [5, 5.41) is 0. The Balaban J connectivity index is 0. The van der Waals surface area contributed by atoms with Gasteiger partial charge in [-0.2, -0.15) is 0 Å². The van der Waals surface area contributed by atoms with E-state index in [1.165, 1.54) is 0 Å². The molecule has 0 aromatic carbocycles. The Morgan fingerprint density at radius 2 is 1.25 bits per heavy atom. The summed E-state index contributed by atoms with van der Waals surface area (Å²) in [5.74, 6) is 0. The van der Waals surface area contributed by atoms with E-state index in [0.29, 0.717) is 0 Å². The normalized spacial score (nSPS) is 0. The van der Waals surface area contributed by atoms with Gasteiger partial charge >= 0.3 is 23.1 Å². The maximum absolute atomic E-state index is 0. The summed E-state index contributed by atoms with van der Waals surface area (Å²) in [4.78, 5) is 0. The summed E-state index contributed by atoms with van der Waals surface area (Å²) < 4.78 is 0. The van der Waals surface area contributed by atoms with Gasteiger partial charge in [0.1, 0.15) is 0 Å². The molecule has 0 aromatic heterocycles. The van der Waals surface area contributed by atoms with Crippen molar-refractivity contribution in [2.75, 3.05) is 0 Å². The fraction of sp³-hybridized carbons (Fsp3) is 1.00. The van der Waals surface area contributed by atoms with E-state index in [-0.39, 0.29) is 65.2 Å². The van der Waals surface area contributed by atoms with Crippen LogP contribution in [0.4, 0.5) is 0 Å². The third-order valence-electron chi connectivity index (χ3n) is 0. The van der Waals surface area contributed by atoms with Crippen LogP contribution in [0, 0.1) is 0 Å². The van der Waals surface area contributed by atoms with Crippen molar-refractivity contribution in [3.63, 3.8) is 0 Å². The van der Waals surface area contributed by atoms with Crippen LogP contribution in [-0.4, -0.2) is 23.1 Å². The maximum atomic E-state index is 0. The van der Waals surface area contributed by atoms with Gasteiger partial charge in [0.2, 0.25) is 0 Å². The van der Waals surface area contributed by atoms with Crippen molar-refractivity contribution in [3.05, 3.63) is 0 Å². The van der Waals surface area contributed by atoms with Crippen LogP contribution in [0.25, 0.3) is 0 Å². The SMILES string of the molecule is C.Cl.[H-].[H-].[Mg+2].[Zn]. The van der Waals surface area contributed by atoms with E-state index >= 15 is 0 Å². The molecule has 0 N–H and O–H groups in total. The second-order valence-electron chi connectivity index (χ2n) is 0. The van der Waals surface area contributed by atoms with Gasteiger partial charge in [-0.15, -0.1) is 12.4 Å². The molecule has 0 amide bonds. The number of rotatable bonds is 0. The number of hydrogen-bond acceptors (Lipinski definition) is 0. The van der Waals surface area contributed by atoms with Crippen molar-refractivity contribution in [2.24, 2.45) is 0 Å². The molecule has 0 nitrogen and oxygen atoms in total. The van der Waals surface area contributed by atoms with Crippen molar-refractivity contribution in [1.29, 1.82) is 0 Å². The first kappa shape index (κ1) is 44.1. The van der Waals surface area contributed by atoms with Gasteiger partial charge in [0.05, 0.1) is 0 Å². The van der Waals surface area contributed by atoms with Crippen molar-refractivity contribution >= 4 is 35.5 Å². The van der Waals surface area contributed by atoms with Crippen LogP contribution in [0.1, 0.15) is 10.3 Å². The van der Waals surface area contributed by atoms with E-state index < -0.39 is 0 Å². The first-order chi connectivity index (χ1) is 0. The molecule has 0 radical (unpaired) electrons. The topological polar surface area (TPSA) is 0 Å². The minimum atomic E-state index is 0. The number of halogens is 1. The minimum Gasteiger partial charge on any atom is -1.00 e. The number of hydrogen-bond donors (Lipinski definition) is 0. The van der Waals surface area contributed by atoms with Crippen LogP contribution in [0.5, 0.6) is 0 Å². The Labute approximate surface area is 65.0 Å². The predicted octanol–water partition coefficient (Wildman–Crippen LogP) is 0.900. The molecule has 0 bridgehead atoms. The molecule has 3 heteroatoms. The molecule has 0 rings (SSSR count). The Morgan fingerprint density at radius 3 is 1.25 bits per heavy atom. The maximum Gasteiger partial charge on any atom is 2.00 e. The Bertz CT molecular complexity index is 13.5. The Kier molecular flexibility index (Phi) is 248. The third-order valence-corrected chi connectivity index (χ3v) is 0. The second-order valence-corrected chi connectivity index (χ2v) is 0. The van der Waals surface area contributed by atoms with E-state index in [4.69, 9.17) is 0 Å². The van der Waals surface area contributed by atoms with Crippen LogP contribution < -0.4 is 0 Å². The van der Waals surface area contributed by atoms with E-state index in [0.717, 1.165) is 0 Å². The predicted molar refractivity (Wildman–Crippen MR) is 22.0 cm³/mol. The average molecular weight is 144 g/mol. The first-order valence-electron chi connectivity index (χ1n) is 0. The summed E-state index contributed by atoms with van der Waals surface area (Å²) in [6.45, 7) is 0. The smallest absolute Gasteiger partial charge is 1.00 e. The summed E-state index contributed by atoms with van der Waals surface area (Å²) >= 11 is 0. The van der Waals surface area contributed by atoms with Crippen molar-refractivity contribution in [2.45, 2.75) is 7.43 Å². The van der Waals surface area contributed by atoms with Gasteiger partial charge in [-0.25, -0.2) is 0 Å². The fourth-order valence-corrected chi connectivity index (χ4v) is 0. The molecule has 0 aliphatic heterocycles. The van der Waals surface area contributed by atoms with Gasteiger partial charge in [-0.05, 0) is 0 Å². The van der Waals surface area contributed by atoms with Gasteiger partial charge in [-0.3, -0.25) is 0 Å². The van der Waals surface area contributed by atoms with Crippen LogP contribution in [-0.2, 0) is 19.5 Å². The van der Waals surface area contributed by atoms with Crippen LogP contribution in [0.15, 0.2) is 0 Å². The largest absolute Gasteiger partial charge is 2.00 e. The molecular weight excluding hydrogens is 137 g/mol. The van der Waals surface area contributed by atoms with Crippen molar-refractivity contribution < 1.29 is 22.3 Å². The Hall–Kier alpha value is 1.68. The van der Waals surface area contributed by atoms with Gasteiger partial charge in [0.15, 0.2) is 0 Å². The van der Waals surface area contributed by atoms with Crippen LogP contribution >= 0.6 is 12.4 Å². The summed E-state index contributed by atoms with van der Waals surface area (Å²) in [7, 11) is 0. The molecular formula is CH7ClMgZn. The average Bonchev–Trinajstić information content (AvgIpc) is 0. The molecule has 0 fully saturated rings. The quantitative estimate of drug-likeness (QED) is 0.443. The van der Waals surface area contributed by atoms with E-state index in [2.05, 4.69) is 0 Å². The van der Waals surface area contributed by atoms with Crippen LogP contribution in [0.2, 0.25) is 0 Å². The molecule has 0 aromatic rings. The van der Waals surface area contributed by atoms with Gasteiger partial charge < -0.3 is 2.85 Å². The summed E-state index contributed by atoms with van der Waals surface area (Å²) in [6.07, 6.45) is 0. The molecule has 4 heavy (non-hydrogen) atoms. The molecule has 0 atom stereocenters. The van der Waals surface area contributed by atoms with E-state index in [9.17, 15) is 0 Å². The molecule has 0 saturated heterocycles. The van der Waals surface area contributed by atoms with Gasteiger partial charge in [-0.1, -0.05) is 7.43 Å². The first-order valence-corrected chi connectivity index (χ1v) is 0. The zero-order valence-corrected chi connectivity index (χ0v) is 7.02. The summed E-state index contributed by atoms with van der Waals surface area (Å²) in [5.41, 5.74) is 0. The third kappa shape index (κ3) is 9.37. The monoisotopic (exact) mass is 142 g/mol. The molecule has 0 aliphatic rings. The second kappa shape index (κ2) is 22.5. The summed E-state index contributed by atoms with van der Waals surface area (Å²) in [6, 6.07) is 0. The zero-order valence-electron chi connectivity index (χ0n) is 3.82. The van der Waals surface area contributed by atoms with Crippen molar-refractivity contribution in [1.82, 2.24) is 0 Å². The fourth-order valence-electron chi connectivity index (χ4n) is 0. The minimum absolute atomic E-state index is 0. The standard InChI is InChI=1S/CH4.ClH.Mg.Zn.2H/h1H4;1H;;;;/q;;+2;;2*-1. The van der Waals surface area contributed by atoms with E-state index in [1.807, 2.05) is 0 Å². The molecule has 0 aliphatic carbocycles. The molecule has 0 heterocycles. The molecule has 22 valence electrons. The molecule has 0 spiro atoms. The Morgan fingerprint density at radius 1 is 1.25 bits per heavy atom. The van der Waals surface area contributed by atoms with Gasteiger partial charge in [0, 0.05) is 19.5 Å². The van der Waals surface area contributed by atoms with Crippen LogP contribution in [0.3, 0.4) is 0 Å².